The molecule has 1 N–H and O–H groups in total. The molecule has 2 rings (SSSR count). The number of hydrogen-bond acceptors (Lipinski definition) is 3. The molecule has 25 heavy (non-hydrogen) atoms. The highest BCUT2D eigenvalue weighted by Gasteiger charge is 2.36. The monoisotopic (exact) mass is 366 g/mol. The van der Waals surface area contributed by atoms with Crippen LogP contribution in [0.25, 0.3) is 0 Å². The summed E-state index contributed by atoms with van der Waals surface area (Å²) in [6.45, 7) is 5.20. The molecule has 2 amide bonds. The second-order valence-corrected chi connectivity index (χ2v) is 7.46. The van der Waals surface area contributed by atoms with Crippen molar-refractivity contribution in [2.24, 2.45) is 5.92 Å². The molecular formula is C19H27FN2O2S. The predicted octanol–water partition coefficient (Wildman–Crippen LogP) is 3.21. The number of likely N-dealkylation sites (tertiary alicyclic amines) is 1. The van der Waals surface area contributed by atoms with E-state index in [0.29, 0.717) is 30.8 Å². The molecule has 1 aliphatic rings. The first-order valence-electron chi connectivity index (χ1n) is 8.95. The van der Waals surface area contributed by atoms with Crippen molar-refractivity contribution in [2.45, 2.75) is 44.9 Å². The number of nitrogens with zero attached hydrogens (tertiary/aromatic N) is 1. The van der Waals surface area contributed by atoms with E-state index in [-0.39, 0.29) is 29.6 Å². The highest BCUT2D eigenvalue weighted by atomic mass is 32.2. The van der Waals surface area contributed by atoms with Crippen molar-refractivity contribution in [2.75, 3.05) is 18.8 Å². The third kappa shape index (κ3) is 5.46. The third-order valence-corrected chi connectivity index (χ3v) is 5.68. The van der Waals surface area contributed by atoms with Crippen molar-refractivity contribution in [3.05, 3.63) is 35.6 Å². The van der Waals surface area contributed by atoms with Crippen LogP contribution in [0.3, 0.4) is 0 Å². The summed E-state index contributed by atoms with van der Waals surface area (Å²) in [7, 11) is 0. The molecule has 1 fully saturated rings. The molecule has 0 bridgehead atoms. The molecule has 6 heteroatoms. The van der Waals surface area contributed by atoms with Crippen molar-refractivity contribution in [3.63, 3.8) is 0 Å². The molecule has 0 aliphatic carbocycles. The summed E-state index contributed by atoms with van der Waals surface area (Å²) in [4.78, 5) is 26.2. The molecule has 0 saturated carbocycles. The predicted molar refractivity (Wildman–Crippen MR) is 99.8 cm³/mol. The second kappa shape index (κ2) is 9.80. The molecular weight excluding hydrogens is 339 g/mol. The zero-order chi connectivity index (χ0) is 18.2. The number of carbonyl (C=O) groups is 2. The first-order chi connectivity index (χ1) is 12.1. The molecule has 4 nitrogen and oxygen atoms in total. The number of benzene rings is 1. The van der Waals surface area contributed by atoms with Crippen molar-refractivity contribution in [1.29, 1.82) is 0 Å². The summed E-state index contributed by atoms with van der Waals surface area (Å²) in [5, 5.41) is 2.91. The van der Waals surface area contributed by atoms with Gasteiger partial charge in [-0.15, -0.1) is 0 Å². The zero-order valence-electron chi connectivity index (χ0n) is 15.0. The largest absolute Gasteiger partial charge is 0.355 e. The van der Waals surface area contributed by atoms with Crippen LogP contribution in [0, 0.1) is 11.7 Å². The van der Waals surface area contributed by atoms with Crippen LogP contribution in [0.15, 0.2) is 24.3 Å². The van der Waals surface area contributed by atoms with Gasteiger partial charge in [0.1, 0.15) is 5.82 Å². The summed E-state index contributed by atoms with van der Waals surface area (Å²) in [6.07, 6.45) is 2.15. The Morgan fingerprint density at radius 3 is 2.76 bits per heavy atom. The molecule has 138 valence electrons. The minimum atomic E-state index is -0.246. The maximum atomic E-state index is 13.5. The Balaban J connectivity index is 1.69. The van der Waals surface area contributed by atoms with E-state index >= 15 is 0 Å². The Morgan fingerprint density at radius 1 is 1.36 bits per heavy atom. The van der Waals surface area contributed by atoms with Gasteiger partial charge in [-0.25, -0.2) is 4.39 Å². The lowest BCUT2D eigenvalue weighted by Gasteiger charge is -2.26. The number of thioether (sulfide) groups is 1. The molecule has 1 aliphatic heterocycles. The quantitative estimate of drug-likeness (QED) is 0.683. The van der Waals surface area contributed by atoms with Crippen LogP contribution < -0.4 is 5.32 Å². The van der Waals surface area contributed by atoms with Crippen LogP contribution in [-0.4, -0.2) is 41.6 Å². The average Bonchev–Trinajstić information content (AvgIpc) is 2.99. The molecule has 1 unspecified atom stereocenters. The number of carbonyl (C=O) groups excluding carboxylic acids is 2. The Morgan fingerprint density at radius 2 is 2.08 bits per heavy atom. The van der Waals surface area contributed by atoms with Gasteiger partial charge in [0.15, 0.2) is 0 Å². The minimum absolute atomic E-state index is 0.0479. The second-order valence-electron chi connectivity index (χ2n) is 6.35. The minimum Gasteiger partial charge on any atom is -0.355 e. The van der Waals surface area contributed by atoms with E-state index in [1.165, 1.54) is 6.07 Å². The average molecular weight is 367 g/mol. The van der Waals surface area contributed by atoms with Gasteiger partial charge >= 0.3 is 0 Å². The summed E-state index contributed by atoms with van der Waals surface area (Å²) in [6, 6.07) is 6.97. The topological polar surface area (TPSA) is 49.4 Å². The molecule has 0 radical (unpaired) electrons. The number of amides is 2. The molecule has 1 saturated heterocycles. The number of halogens is 1. The first kappa shape index (κ1) is 19.8. The van der Waals surface area contributed by atoms with Crippen molar-refractivity contribution < 1.29 is 14.0 Å². The van der Waals surface area contributed by atoms with Gasteiger partial charge in [0.25, 0.3) is 0 Å². The van der Waals surface area contributed by atoms with Crippen molar-refractivity contribution in [1.82, 2.24) is 10.2 Å². The fraction of sp³-hybridized carbons (Fsp3) is 0.579. The van der Waals surface area contributed by atoms with Gasteiger partial charge in [-0.05, 0) is 24.5 Å². The van der Waals surface area contributed by atoms with Gasteiger partial charge in [-0.2, -0.15) is 11.8 Å². The van der Waals surface area contributed by atoms with Crippen molar-refractivity contribution >= 4 is 23.6 Å². The standard InChI is InChI=1S/C19H27FN2O2S/c1-3-16(4-2)22-12-15(11-18(22)23)19(24)21-9-10-25-13-14-7-5-6-8-17(14)20/h5-8,15-16H,3-4,9-13H2,1-2H3,(H,21,24). The van der Waals surface area contributed by atoms with Gasteiger partial charge in [0.2, 0.25) is 11.8 Å². The molecule has 1 aromatic rings. The SMILES string of the molecule is CCC(CC)N1CC(C(=O)NCCSCc2ccccc2F)CC1=O. The van der Waals surface area contributed by atoms with Crippen molar-refractivity contribution in [3.8, 4) is 0 Å². The fourth-order valence-electron chi connectivity index (χ4n) is 3.18. The molecule has 1 atom stereocenters. The van der Waals surface area contributed by atoms with Gasteiger partial charge in [0, 0.05) is 37.1 Å². The lowest BCUT2D eigenvalue weighted by atomic mass is 10.1. The van der Waals surface area contributed by atoms with E-state index in [2.05, 4.69) is 19.2 Å². The van der Waals surface area contributed by atoms with Gasteiger partial charge in [-0.3, -0.25) is 9.59 Å². The van der Waals surface area contributed by atoms with Gasteiger partial charge in [0.05, 0.1) is 5.92 Å². The number of nitrogens with one attached hydrogen (secondary N) is 1. The summed E-state index contributed by atoms with van der Waals surface area (Å²) >= 11 is 1.59. The molecule has 0 aromatic heterocycles. The number of rotatable bonds is 9. The van der Waals surface area contributed by atoms with E-state index in [0.717, 1.165) is 18.6 Å². The van der Waals surface area contributed by atoms with E-state index in [9.17, 15) is 14.0 Å². The fourth-order valence-corrected chi connectivity index (χ4v) is 4.02. The van der Waals surface area contributed by atoms with Gasteiger partial charge < -0.3 is 10.2 Å². The lowest BCUT2D eigenvalue weighted by Crippen LogP contribution is -2.38. The lowest BCUT2D eigenvalue weighted by molar-refractivity contribution is -0.130. The Hall–Kier alpha value is -1.56. The Labute approximate surface area is 153 Å². The van der Waals surface area contributed by atoms with E-state index in [1.807, 2.05) is 11.0 Å². The first-order valence-corrected chi connectivity index (χ1v) is 10.1. The number of hydrogen-bond donors (Lipinski definition) is 1. The third-order valence-electron chi connectivity index (χ3n) is 4.67. The van der Waals surface area contributed by atoms with Crippen LogP contribution in [0.1, 0.15) is 38.7 Å². The highest BCUT2D eigenvalue weighted by molar-refractivity contribution is 7.98. The summed E-state index contributed by atoms with van der Waals surface area (Å²) in [5.41, 5.74) is 0.682. The normalized spacial score (nSPS) is 17.4. The maximum Gasteiger partial charge on any atom is 0.225 e. The highest BCUT2D eigenvalue weighted by Crippen LogP contribution is 2.23. The van der Waals surface area contributed by atoms with Crippen LogP contribution in [-0.2, 0) is 15.3 Å². The molecule has 1 heterocycles. The zero-order valence-corrected chi connectivity index (χ0v) is 15.8. The Bertz CT molecular complexity index is 593. The van der Waals surface area contributed by atoms with Crippen LogP contribution in [0.5, 0.6) is 0 Å². The smallest absolute Gasteiger partial charge is 0.225 e. The van der Waals surface area contributed by atoms with Gasteiger partial charge in [-0.1, -0.05) is 32.0 Å². The maximum absolute atomic E-state index is 13.5. The van der Waals surface area contributed by atoms with E-state index in [4.69, 9.17) is 0 Å². The molecule has 1 aromatic carbocycles. The molecule has 0 spiro atoms. The van der Waals surface area contributed by atoms with E-state index < -0.39 is 0 Å². The summed E-state index contributed by atoms with van der Waals surface area (Å²) < 4.78 is 13.5. The summed E-state index contributed by atoms with van der Waals surface area (Å²) in [5.74, 6) is 0.912. The van der Waals surface area contributed by atoms with Crippen LogP contribution in [0.2, 0.25) is 0 Å². The Kier molecular flexibility index (Phi) is 7.75. The van der Waals surface area contributed by atoms with E-state index in [1.54, 1.807) is 23.9 Å². The van der Waals surface area contributed by atoms with Crippen LogP contribution >= 0.6 is 11.8 Å². The van der Waals surface area contributed by atoms with Crippen LogP contribution in [0.4, 0.5) is 4.39 Å².